The summed E-state index contributed by atoms with van der Waals surface area (Å²) in [6.07, 6.45) is 0. The summed E-state index contributed by atoms with van der Waals surface area (Å²) in [5.41, 5.74) is 2.24. The average molecular weight is 408 g/mol. The molecule has 2 aromatic carbocycles. The molecular weight excluding hydrogens is 392 g/mol. The van der Waals surface area contributed by atoms with Gasteiger partial charge >= 0.3 is 11.6 Å². The molecule has 2 aromatic heterocycles. The lowest BCUT2D eigenvalue weighted by Gasteiger charge is -2.04. The first-order chi connectivity index (χ1) is 13.9. The van der Waals surface area contributed by atoms with Crippen LogP contribution in [0.25, 0.3) is 21.2 Å². The van der Waals surface area contributed by atoms with E-state index in [4.69, 9.17) is 9.15 Å². The lowest BCUT2D eigenvalue weighted by atomic mass is 10.1. The van der Waals surface area contributed by atoms with Crippen molar-refractivity contribution in [1.29, 1.82) is 0 Å². The van der Waals surface area contributed by atoms with E-state index in [0.29, 0.717) is 16.1 Å². The van der Waals surface area contributed by atoms with Crippen LogP contribution in [0.3, 0.4) is 0 Å². The molecule has 0 aliphatic heterocycles. The van der Waals surface area contributed by atoms with E-state index in [9.17, 15) is 14.4 Å². The zero-order chi connectivity index (χ0) is 20.5. The molecule has 0 spiro atoms. The van der Waals surface area contributed by atoms with Gasteiger partial charge in [-0.25, -0.2) is 14.6 Å². The minimum atomic E-state index is -0.921. The van der Waals surface area contributed by atoms with Gasteiger partial charge in [-0.05, 0) is 43.2 Å². The summed E-state index contributed by atoms with van der Waals surface area (Å²) >= 11 is 1.34. The molecule has 8 heteroatoms. The molecule has 0 atom stereocenters. The summed E-state index contributed by atoms with van der Waals surface area (Å²) in [5.74, 6) is -1.47. The third-order valence-electron chi connectivity index (χ3n) is 4.27. The number of aromatic nitrogens is 1. The van der Waals surface area contributed by atoms with Crippen molar-refractivity contribution in [2.24, 2.45) is 0 Å². The summed E-state index contributed by atoms with van der Waals surface area (Å²) < 4.78 is 11.0. The molecule has 0 radical (unpaired) electrons. The predicted molar refractivity (Wildman–Crippen MR) is 110 cm³/mol. The number of rotatable bonds is 4. The fourth-order valence-electron chi connectivity index (χ4n) is 2.99. The van der Waals surface area contributed by atoms with Crippen LogP contribution >= 0.6 is 11.3 Å². The molecule has 0 saturated heterocycles. The van der Waals surface area contributed by atoms with Gasteiger partial charge in [0, 0.05) is 5.39 Å². The third kappa shape index (κ3) is 3.88. The molecule has 4 aromatic rings. The number of amides is 1. The van der Waals surface area contributed by atoms with Crippen LogP contribution < -0.4 is 10.9 Å². The van der Waals surface area contributed by atoms with Crippen LogP contribution in [-0.4, -0.2) is 23.5 Å². The molecule has 1 amide bonds. The molecule has 0 aliphatic carbocycles. The van der Waals surface area contributed by atoms with Gasteiger partial charge in [-0.3, -0.25) is 10.1 Å². The lowest BCUT2D eigenvalue weighted by molar-refractivity contribution is -0.119. The number of carbonyl (C=O) groups excluding carboxylic acids is 2. The summed E-state index contributed by atoms with van der Waals surface area (Å²) in [6.45, 7) is 3.41. The van der Waals surface area contributed by atoms with Gasteiger partial charge in [-0.2, -0.15) is 0 Å². The van der Waals surface area contributed by atoms with Crippen molar-refractivity contribution >= 4 is 49.5 Å². The number of hydrogen-bond donors (Lipinski definition) is 1. The Hall–Kier alpha value is -3.52. The maximum absolute atomic E-state index is 12.2. The molecule has 146 valence electrons. The van der Waals surface area contributed by atoms with E-state index in [-0.39, 0.29) is 5.56 Å². The van der Waals surface area contributed by atoms with Crippen LogP contribution in [0.15, 0.2) is 51.7 Å². The number of para-hydroxylation sites is 1. The van der Waals surface area contributed by atoms with Crippen molar-refractivity contribution < 1.29 is 18.7 Å². The molecule has 0 aliphatic rings. The molecule has 29 heavy (non-hydrogen) atoms. The Labute approximate surface area is 168 Å². The Morgan fingerprint density at radius 3 is 2.79 bits per heavy atom. The number of thiazole rings is 1. The van der Waals surface area contributed by atoms with Crippen LogP contribution in [0.4, 0.5) is 5.13 Å². The number of aryl methyl sites for hydroxylation is 2. The number of nitrogens with zero attached hydrogens (tertiary/aromatic N) is 1. The van der Waals surface area contributed by atoms with E-state index in [1.165, 1.54) is 17.4 Å². The normalized spacial score (nSPS) is 11.0. The number of anilines is 1. The second-order valence-electron chi connectivity index (χ2n) is 6.56. The van der Waals surface area contributed by atoms with Crippen molar-refractivity contribution in [2.45, 2.75) is 13.8 Å². The first-order valence-corrected chi connectivity index (χ1v) is 9.60. The second kappa shape index (κ2) is 7.48. The van der Waals surface area contributed by atoms with Crippen LogP contribution in [0.2, 0.25) is 0 Å². The summed E-state index contributed by atoms with van der Waals surface area (Å²) in [4.78, 5) is 40.8. The van der Waals surface area contributed by atoms with E-state index in [1.54, 1.807) is 24.3 Å². The van der Waals surface area contributed by atoms with Crippen LogP contribution in [0, 0.1) is 13.8 Å². The van der Waals surface area contributed by atoms with Crippen molar-refractivity contribution in [2.75, 3.05) is 11.9 Å². The maximum atomic E-state index is 12.2. The number of nitrogens with one attached hydrogen (secondary N) is 1. The van der Waals surface area contributed by atoms with E-state index < -0.39 is 24.1 Å². The minimum Gasteiger partial charge on any atom is -0.452 e. The number of hydrogen-bond acceptors (Lipinski definition) is 7. The van der Waals surface area contributed by atoms with Crippen molar-refractivity contribution in [3.05, 3.63) is 69.6 Å². The van der Waals surface area contributed by atoms with Gasteiger partial charge < -0.3 is 9.15 Å². The van der Waals surface area contributed by atoms with Gasteiger partial charge in [0.15, 0.2) is 11.7 Å². The maximum Gasteiger partial charge on any atom is 0.351 e. The molecule has 0 bridgehead atoms. The Balaban J connectivity index is 1.44. The summed E-state index contributed by atoms with van der Waals surface area (Å²) in [7, 11) is 0. The SMILES string of the molecule is Cc1cc(C)c2nc(NC(=O)COC(=O)c3cc4ccccc4oc3=O)sc2c1. The third-order valence-corrected chi connectivity index (χ3v) is 5.19. The minimum absolute atomic E-state index is 0.261. The van der Waals surface area contributed by atoms with Gasteiger partial charge in [-0.15, -0.1) is 0 Å². The highest BCUT2D eigenvalue weighted by Crippen LogP contribution is 2.29. The van der Waals surface area contributed by atoms with E-state index >= 15 is 0 Å². The molecule has 0 fully saturated rings. The fourth-order valence-corrected chi connectivity index (χ4v) is 4.05. The number of fused-ring (bicyclic) bond motifs is 2. The number of ether oxygens (including phenoxy) is 1. The topological polar surface area (TPSA) is 98.5 Å². The molecule has 2 heterocycles. The van der Waals surface area contributed by atoms with Crippen molar-refractivity contribution in [3.8, 4) is 0 Å². The molecule has 0 saturated carbocycles. The zero-order valence-electron chi connectivity index (χ0n) is 15.6. The standard InChI is InChI=1S/C21H16N2O5S/c1-11-7-12(2)18-16(8-11)29-21(23-18)22-17(24)10-27-19(25)14-9-13-5-3-4-6-15(13)28-20(14)26/h3-9H,10H2,1-2H3,(H,22,23,24). The van der Waals surface area contributed by atoms with Crippen molar-refractivity contribution in [3.63, 3.8) is 0 Å². The summed E-state index contributed by atoms with van der Waals surface area (Å²) in [6, 6.07) is 12.2. The molecule has 0 unspecified atom stereocenters. The molecule has 1 N–H and O–H groups in total. The Bertz CT molecular complexity index is 1320. The van der Waals surface area contributed by atoms with Crippen molar-refractivity contribution in [1.82, 2.24) is 4.98 Å². The Kier molecular flexibility index (Phi) is 4.85. The largest absolute Gasteiger partial charge is 0.452 e. The summed E-state index contributed by atoms with van der Waals surface area (Å²) in [5, 5.41) is 3.62. The zero-order valence-corrected chi connectivity index (χ0v) is 16.5. The van der Waals surface area contributed by atoms with Gasteiger partial charge in [0.25, 0.3) is 5.91 Å². The highest BCUT2D eigenvalue weighted by atomic mass is 32.1. The number of benzene rings is 2. The van der Waals surface area contributed by atoms with Gasteiger partial charge in [0.2, 0.25) is 0 Å². The van der Waals surface area contributed by atoms with Gasteiger partial charge in [0.1, 0.15) is 11.1 Å². The van der Waals surface area contributed by atoms with Crippen LogP contribution in [0.1, 0.15) is 21.5 Å². The highest BCUT2D eigenvalue weighted by Gasteiger charge is 2.17. The number of esters is 1. The lowest BCUT2D eigenvalue weighted by Crippen LogP contribution is -2.23. The van der Waals surface area contributed by atoms with Crippen LogP contribution in [0.5, 0.6) is 0 Å². The quantitative estimate of drug-likeness (QED) is 0.407. The first kappa shape index (κ1) is 18.8. The van der Waals surface area contributed by atoms with E-state index in [2.05, 4.69) is 10.3 Å². The van der Waals surface area contributed by atoms with Gasteiger partial charge in [0.05, 0.1) is 10.2 Å². The second-order valence-corrected chi connectivity index (χ2v) is 7.59. The fraction of sp³-hybridized carbons (Fsp3) is 0.143. The first-order valence-electron chi connectivity index (χ1n) is 8.78. The monoisotopic (exact) mass is 408 g/mol. The van der Waals surface area contributed by atoms with Gasteiger partial charge in [-0.1, -0.05) is 35.6 Å². The van der Waals surface area contributed by atoms with E-state index in [1.807, 2.05) is 26.0 Å². The molecule has 7 nitrogen and oxygen atoms in total. The molecular formula is C21H16N2O5S. The number of carbonyl (C=O) groups is 2. The average Bonchev–Trinajstić information content (AvgIpc) is 3.08. The Morgan fingerprint density at radius 1 is 1.17 bits per heavy atom. The predicted octanol–water partition coefficient (Wildman–Crippen LogP) is 3.82. The highest BCUT2D eigenvalue weighted by molar-refractivity contribution is 7.22. The Morgan fingerprint density at radius 2 is 1.97 bits per heavy atom. The van der Waals surface area contributed by atoms with E-state index in [0.717, 1.165) is 21.3 Å². The van der Waals surface area contributed by atoms with Crippen LogP contribution in [-0.2, 0) is 9.53 Å². The molecule has 4 rings (SSSR count). The smallest absolute Gasteiger partial charge is 0.351 e.